The van der Waals surface area contributed by atoms with E-state index in [9.17, 15) is 4.79 Å². The molecule has 0 radical (unpaired) electrons. The highest BCUT2D eigenvalue weighted by atomic mass is 16.2. The normalized spacial score (nSPS) is 12.3. The molecule has 0 N–H and O–H groups in total. The van der Waals surface area contributed by atoms with E-state index in [0.717, 1.165) is 16.5 Å². The largest absolute Gasteiger partial charge is 0.342 e. The van der Waals surface area contributed by atoms with Crippen molar-refractivity contribution in [2.24, 2.45) is 0 Å². The van der Waals surface area contributed by atoms with Crippen LogP contribution in [0, 0.1) is 0 Å². The van der Waals surface area contributed by atoms with E-state index in [-0.39, 0.29) is 11.9 Å². The van der Waals surface area contributed by atoms with Gasteiger partial charge >= 0.3 is 0 Å². The van der Waals surface area contributed by atoms with Crippen LogP contribution in [0.1, 0.15) is 18.5 Å². The molecule has 0 aliphatic heterocycles. The van der Waals surface area contributed by atoms with Crippen LogP contribution in [0.3, 0.4) is 0 Å². The van der Waals surface area contributed by atoms with E-state index in [0.29, 0.717) is 6.54 Å². The topological polar surface area (TPSA) is 38.1 Å². The number of carbonyl (C=O) groups is 1. The van der Waals surface area contributed by atoms with E-state index in [4.69, 9.17) is 0 Å². The van der Waals surface area contributed by atoms with Gasteiger partial charge in [-0.1, -0.05) is 18.2 Å². The first kappa shape index (κ1) is 14.3. The quantitative estimate of drug-likeness (QED) is 0.740. The van der Waals surface area contributed by atoms with Crippen molar-refractivity contribution in [1.29, 1.82) is 0 Å². The third kappa shape index (κ3) is 2.72. The van der Waals surface area contributed by atoms with Gasteiger partial charge in [0.05, 0.1) is 5.52 Å². The lowest BCUT2D eigenvalue weighted by Gasteiger charge is -2.23. The summed E-state index contributed by atoms with van der Waals surface area (Å²) in [6.07, 6.45) is 5.63. The fourth-order valence-electron chi connectivity index (χ4n) is 2.68. The lowest BCUT2D eigenvalue weighted by atomic mass is 10.1. The predicted molar refractivity (Wildman–Crippen MR) is 87.4 cm³/mol. The third-order valence-corrected chi connectivity index (χ3v) is 3.96. The molecule has 0 saturated carbocycles. The molecule has 0 aliphatic rings. The fourth-order valence-corrected chi connectivity index (χ4v) is 2.68. The Morgan fingerprint density at radius 3 is 2.68 bits per heavy atom. The summed E-state index contributed by atoms with van der Waals surface area (Å²) in [6, 6.07) is 13.6. The number of pyridine rings is 1. The Balaban J connectivity index is 1.81. The minimum atomic E-state index is -0.201. The minimum absolute atomic E-state index is 0.0945. The Kier molecular flexibility index (Phi) is 3.92. The van der Waals surface area contributed by atoms with Gasteiger partial charge in [0, 0.05) is 37.6 Å². The van der Waals surface area contributed by atoms with Gasteiger partial charge in [0.25, 0.3) is 0 Å². The second kappa shape index (κ2) is 6.02. The van der Waals surface area contributed by atoms with E-state index in [1.807, 2.05) is 73.4 Å². The molecule has 2 heterocycles. The predicted octanol–water partition coefficient (Wildman–Crippen LogP) is 3.26. The smallest absolute Gasteiger partial charge is 0.245 e. The molecular weight excluding hydrogens is 274 g/mol. The summed E-state index contributed by atoms with van der Waals surface area (Å²) in [5.41, 5.74) is 2.07. The summed E-state index contributed by atoms with van der Waals surface area (Å²) in [6.45, 7) is 2.50. The van der Waals surface area contributed by atoms with Crippen molar-refractivity contribution in [3.8, 4) is 0 Å². The number of hydrogen-bond donors (Lipinski definition) is 0. The molecule has 0 fully saturated rings. The first-order chi connectivity index (χ1) is 10.7. The van der Waals surface area contributed by atoms with Gasteiger partial charge < -0.3 is 9.47 Å². The van der Waals surface area contributed by atoms with E-state index in [1.54, 1.807) is 11.1 Å². The zero-order valence-corrected chi connectivity index (χ0v) is 12.8. The molecule has 0 aliphatic carbocycles. The Morgan fingerprint density at radius 2 is 1.91 bits per heavy atom. The van der Waals surface area contributed by atoms with Crippen molar-refractivity contribution < 1.29 is 4.79 Å². The maximum absolute atomic E-state index is 12.6. The first-order valence-corrected chi connectivity index (χ1v) is 7.37. The van der Waals surface area contributed by atoms with Crippen LogP contribution in [0.5, 0.6) is 0 Å². The van der Waals surface area contributed by atoms with Crippen molar-refractivity contribution >= 4 is 16.8 Å². The number of nitrogens with zero attached hydrogens (tertiary/aromatic N) is 3. The zero-order chi connectivity index (χ0) is 15.5. The number of rotatable bonds is 4. The van der Waals surface area contributed by atoms with Gasteiger partial charge in [0.1, 0.15) is 6.04 Å². The Hall–Kier alpha value is -2.62. The van der Waals surface area contributed by atoms with Crippen LogP contribution in [0.2, 0.25) is 0 Å². The van der Waals surface area contributed by atoms with Crippen LogP contribution in [-0.2, 0) is 11.3 Å². The highest BCUT2D eigenvalue weighted by Crippen LogP contribution is 2.19. The maximum atomic E-state index is 12.6. The number of aromatic nitrogens is 2. The lowest BCUT2D eigenvalue weighted by molar-refractivity contribution is -0.133. The fraction of sp³-hybridized carbons (Fsp3) is 0.222. The van der Waals surface area contributed by atoms with E-state index >= 15 is 0 Å². The van der Waals surface area contributed by atoms with Gasteiger partial charge in [-0.25, -0.2) is 0 Å². The molecule has 4 nitrogen and oxygen atoms in total. The number of benzene rings is 1. The molecular formula is C18H19N3O. The van der Waals surface area contributed by atoms with E-state index < -0.39 is 0 Å². The van der Waals surface area contributed by atoms with Crippen LogP contribution in [-0.4, -0.2) is 27.4 Å². The summed E-state index contributed by atoms with van der Waals surface area (Å²) in [7, 11) is 1.84. The third-order valence-electron chi connectivity index (χ3n) is 3.96. The molecule has 1 amide bonds. The van der Waals surface area contributed by atoms with Gasteiger partial charge in [-0.05, 0) is 36.8 Å². The molecule has 2 aromatic heterocycles. The Morgan fingerprint density at radius 1 is 1.18 bits per heavy atom. The van der Waals surface area contributed by atoms with Crippen LogP contribution >= 0.6 is 0 Å². The summed E-state index contributed by atoms with van der Waals surface area (Å²) < 4.78 is 1.92. The average Bonchev–Trinajstić information content (AvgIpc) is 3.08. The molecule has 0 saturated heterocycles. The van der Waals surface area contributed by atoms with Crippen LogP contribution < -0.4 is 0 Å². The summed E-state index contributed by atoms with van der Waals surface area (Å²) >= 11 is 0. The number of fused-ring (bicyclic) bond motifs is 1. The molecule has 3 aromatic rings. The van der Waals surface area contributed by atoms with E-state index in [2.05, 4.69) is 4.98 Å². The summed E-state index contributed by atoms with van der Waals surface area (Å²) in [5.74, 6) is 0.0945. The van der Waals surface area contributed by atoms with Gasteiger partial charge in [0.15, 0.2) is 0 Å². The molecule has 1 aromatic carbocycles. The van der Waals surface area contributed by atoms with Crippen molar-refractivity contribution in [1.82, 2.24) is 14.5 Å². The number of likely N-dealkylation sites (N-methyl/N-ethyl adjacent to an activating group) is 1. The highest BCUT2D eigenvalue weighted by Gasteiger charge is 2.19. The SMILES string of the molecule is C[C@H](C(=O)N(C)Cc1ccnc2ccccc12)n1cccc1. The highest BCUT2D eigenvalue weighted by molar-refractivity contribution is 5.83. The van der Waals surface area contributed by atoms with Crippen molar-refractivity contribution in [2.45, 2.75) is 19.5 Å². The standard InChI is InChI=1S/C18H19N3O/c1-14(21-11-5-6-12-21)18(22)20(2)13-15-9-10-19-17-8-4-3-7-16(15)17/h3-12,14H,13H2,1-2H3/t14-/m1/s1. The molecule has 3 rings (SSSR count). The number of para-hydroxylation sites is 1. The number of hydrogen-bond acceptors (Lipinski definition) is 2. The second-order valence-corrected chi connectivity index (χ2v) is 5.49. The first-order valence-electron chi connectivity index (χ1n) is 7.37. The molecule has 0 unspecified atom stereocenters. The summed E-state index contributed by atoms with van der Waals surface area (Å²) in [5, 5.41) is 1.10. The monoisotopic (exact) mass is 293 g/mol. The van der Waals surface area contributed by atoms with Crippen LogP contribution in [0.25, 0.3) is 10.9 Å². The van der Waals surface area contributed by atoms with E-state index in [1.165, 1.54) is 0 Å². The zero-order valence-electron chi connectivity index (χ0n) is 12.8. The van der Waals surface area contributed by atoms with Gasteiger partial charge in [-0.15, -0.1) is 0 Å². The average molecular weight is 293 g/mol. The lowest BCUT2D eigenvalue weighted by Crippen LogP contribution is -2.32. The number of amides is 1. The summed E-state index contributed by atoms with van der Waals surface area (Å²) in [4.78, 5) is 18.7. The van der Waals surface area contributed by atoms with Gasteiger partial charge in [0.2, 0.25) is 5.91 Å². The maximum Gasteiger partial charge on any atom is 0.245 e. The molecule has 22 heavy (non-hydrogen) atoms. The van der Waals surface area contributed by atoms with Gasteiger partial charge in [-0.2, -0.15) is 0 Å². The van der Waals surface area contributed by atoms with Crippen molar-refractivity contribution in [3.63, 3.8) is 0 Å². The molecule has 0 bridgehead atoms. The van der Waals surface area contributed by atoms with Crippen LogP contribution in [0.15, 0.2) is 61.1 Å². The Bertz CT molecular complexity index is 775. The van der Waals surface area contributed by atoms with Crippen molar-refractivity contribution in [3.05, 3.63) is 66.6 Å². The van der Waals surface area contributed by atoms with Gasteiger partial charge in [-0.3, -0.25) is 9.78 Å². The molecule has 4 heteroatoms. The molecule has 1 atom stereocenters. The minimum Gasteiger partial charge on any atom is -0.342 e. The Labute approximate surface area is 130 Å². The molecule has 0 spiro atoms. The number of carbonyl (C=O) groups excluding carboxylic acids is 1. The second-order valence-electron chi connectivity index (χ2n) is 5.49. The molecule has 112 valence electrons. The van der Waals surface area contributed by atoms with Crippen molar-refractivity contribution in [2.75, 3.05) is 7.05 Å². The van der Waals surface area contributed by atoms with Crippen LogP contribution in [0.4, 0.5) is 0 Å².